The van der Waals surface area contributed by atoms with Gasteiger partial charge >= 0.3 is 0 Å². The van der Waals surface area contributed by atoms with Gasteiger partial charge in [0, 0.05) is 7.11 Å². The second-order valence-corrected chi connectivity index (χ2v) is 2.77. The van der Waals surface area contributed by atoms with E-state index in [9.17, 15) is 0 Å². The molecule has 0 atom stereocenters. The SMILES string of the molecule is CCCn1cc[n+](C)c1.COC(=O)[O-]. The zero-order chi connectivity index (χ0) is 11.0. The average molecular weight is 200 g/mol. The molecule has 0 aromatic carbocycles. The zero-order valence-corrected chi connectivity index (χ0v) is 8.77. The zero-order valence-electron chi connectivity index (χ0n) is 8.77. The van der Waals surface area contributed by atoms with E-state index in [-0.39, 0.29) is 0 Å². The smallest absolute Gasteiger partial charge is 0.251 e. The molecule has 1 heterocycles. The van der Waals surface area contributed by atoms with Crippen molar-refractivity contribution in [1.29, 1.82) is 0 Å². The molecule has 1 aromatic heterocycles. The highest BCUT2D eigenvalue weighted by Gasteiger charge is 1.94. The lowest BCUT2D eigenvalue weighted by Gasteiger charge is -1.92. The second kappa shape index (κ2) is 6.94. The fraction of sp³-hybridized carbons (Fsp3) is 0.556. The van der Waals surface area contributed by atoms with Crippen molar-refractivity contribution in [3.63, 3.8) is 0 Å². The lowest BCUT2D eigenvalue weighted by molar-refractivity contribution is -0.671. The van der Waals surface area contributed by atoms with E-state index in [0.717, 1.165) is 13.7 Å². The first-order valence-electron chi connectivity index (χ1n) is 4.36. The summed E-state index contributed by atoms with van der Waals surface area (Å²) in [7, 11) is 3.07. The molecule has 0 bridgehead atoms. The molecule has 5 heteroatoms. The molecule has 0 N–H and O–H groups in total. The van der Waals surface area contributed by atoms with Gasteiger partial charge in [-0.2, -0.15) is 0 Å². The van der Waals surface area contributed by atoms with E-state index in [1.807, 2.05) is 7.05 Å². The number of carbonyl (C=O) groups is 1. The van der Waals surface area contributed by atoms with Crippen LogP contribution >= 0.6 is 0 Å². The summed E-state index contributed by atoms with van der Waals surface area (Å²) in [5, 5.41) is 9.03. The predicted molar refractivity (Wildman–Crippen MR) is 48.3 cm³/mol. The molecule has 0 amide bonds. The van der Waals surface area contributed by atoms with Crippen LogP contribution in [0.1, 0.15) is 13.3 Å². The number of rotatable bonds is 2. The third-order valence-electron chi connectivity index (χ3n) is 1.47. The van der Waals surface area contributed by atoms with Crippen LogP contribution in [0.3, 0.4) is 0 Å². The Labute approximate surface area is 83.5 Å². The van der Waals surface area contributed by atoms with E-state index >= 15 is 0 Å². The molecule has 0 aliphatic rings. The topological polar surface area (TPSA) is 58.2 Å². The van der Waals surface area contributed by atoms with Gasteiger partial charge in [-0.15, -0.1) is 0 Å². The quantitative estimate of drug-likeness (QED) is 0.486. The number of nitrogens with zero attached hydrogens (tertiary/aromatic N) is 2. The highest BCUT2D eigenvalue weighted by atomic mass is 16.6. The van der Waals surface area contributed by atoms with E-state index in [1.165, 1.54) is 6.42 Å². The molecule has 0 spiro atoms. The van der Waals surface area contributed by atoms with Gasteiger partial charge < -0.3 is 14.6 Å². The largest absolute Gasteiger partial charge is 0.553 e. The minimum atomic E-state index is -1.50. The number of carboxylic acid groups (broad SMARTS) is 1. The van der Waals surface area contributed by atoms with E-state index in [4.69, 9.17) is 9.90 Å². The third kappa shape index (κ3) is 6.05. The number of methoxy groups -OCH3 is 1. The van der Waals surface area contributed by atoms with Crippen LogP contribution in [0.2, 0.25) is 0 Å². The van der Waals surface area contributed by atoms with Crippen molar-refractivity contribution in [3.05, 3.63) is 18.7 Å². The van der Waals surface area contributed by atoms with Gasteiger partial charge in [0.15, 0.2) is 0 Å². The van der Waals surface area contributed by atoms with Gasteiger partial charge in [0.2, 0.25) is 6.33 Å². The molecule has 0 saturated carbocycles. The van der Waals surface area contributed by atoms with Crippen molar-refractivity contribution in [2.45, 2.75) is 19.9 Å². The van der Waals surface area contributed by atoms with Crippen LogP contribution in [0.25, 0.3) is 0 Å². The average Bonchev–Trinajstić information content (AvgIpc) is 2.53. The standard InChI is InChI=1S/C7H13N2.C2H4O3/c1-3-4-9-6-5-8(2)7-9;1-5-2(3)4/h5-7H,3-4H2,1-2H3;1H3,(H,3,4)/q+1;/p-1. The summed E-state index contributed by atoms with van der Waals surface area (Å²) in [4.78, 5) is 9.03. The molecule has 0 fully saturated rings. The number of hydrogen-bond donors (Lipinski definition) is 0. The number of hydrogen-bond acceptors (Lipinski definition) is 3. The van der Waals surface area contributed by atoms with E-state index in [1.54, 1.807) is 0 Å². The molecule has 14 heavy (non-hydrogen) atoms. The van der Waals surface area contributed by atoms with E-state index < -0.39 is 6.16 Å². The van der Waals surface area contributed by atoms with Gasteiger partial charge in [-0.1, -0.05) is 6.92 Å². The Morgan fingerprint density at radius 3 is 2.50 bits per heavy atom. The Morgan fingerprint density at radius 2 is 2.21 bits per heavy atom. The minimum Gasteiger partial charge on any atom is -0.553 e. The number of carbonyl (C=O) groups excluding carboxylic acids is 1. The van der Waals surface area contributed by atoms with Gasteiger partial charge in [0.1, 0.15) is 12.4 Å². The Morgan fingerprint density at radius 1 is 1.64 bits per heavy atom. The van der Waals surface area contributed by atoms with Crippen LogP contribution in [0.4, 0.5) is 4.79 Å². The monoisotopic (exact) mass is 200 g/mol. The van der Waals surface area contributed by atoms with Crippen molar-refractivity contribution < 1.29 is 19.2 Å². The van der Waals surface area contributed by atoms with Crippen molar-refractivity contribution in [2.24, 2.45) is 7.05 Å². The Balaban J connectivity index is 0.000000292. The third-order valence-corrected chi connectivity index (χ3v) is 1.47. The minimum absolute atomic E-state index is 1.04. The second-order valence-electron chi connectivity index (χ2n) is 2.77. The van der Waals surface area contributed by atoms with Gasteiger partial charge in [-0.3, -0.25) is 0 Å². The lowest BCUT2D eigenvalue weighted by atomic mass is 10.5. The van der Waals surface area contributed by atoms with Crippen LogP contribution in [-0.2, 0) is 18.3 Å². The summed E-state index contributed by atoms with van der Waals surface area (Å²) >= 11 is 0. The highest BCUT2D eigenvalue weighted by molar-refractivity contribution is 5.53. The summed E-state index contributed by atoms with van der Waals surface area (Å²) in [6.45, 7) is 3.31. The van der Waals surface area contributed by atoms with Gasteiger partial charge in [0.05, 0.1) is 13.6 Å². The molecule has 5 nitrogen and oxygen atoms in total. The van der Waals surface area contributed by atoms with Crippen LogP contribution in [-0.4, -0.2) is 17.8 Å². The fourth-order valence-corrected chi connectivity index (χ4v) is 0.892. The first-order valence-corrected chi connectivity index (χ1v) is 4.36. The molecular weight excluding hydrogens is 184 g/mol. The Kier molecular flexibility index (Phi) is 6.19. The first kappa shape index (κ1) is 12.5. The predicted octanol–water partition coefficient (Wildman–Crippen LogP) is -0.301. The number of imidazole rings is 1. The molecule has 0 saturated heterocycles. The highest BCUT2D eigenvalue weighted by Crippen LogP contribution is 1.85. The lowest BCUT2D eigenvalue weighted by Crippen LogP contribution is -2.23. The fourth-order valence-electron chi connectivity index (χ4n) is 0.892. The molecule has 0 aliphatic carbocycles. The van der Waals surface area contributed by atoms with E-state index in [0.29, 0.717) is 0 Å². The molecule has 0 unspecified atom stereocenters. The van der Waals surface area contributed by atoms with Crippen molar-refractivity contribution in [1.82, 2.24) is 4.57 Å². The first-order chi connectivity index (χ1) is 6.60. The summed E-state index contributed by atoms with van der Waals surface area (Å²) in [6.07, 6.45) is 5.93. The van der Waals surface area contributed by atoms with Crippen molar-refractivity contribution in [3.8, 4) is 0 Å². The maximum atomic E-state index is 9.03. The maximum absolute atomic E-state index is 9.03. The van der Waals surface area contributed by atoms with Gasteiger partial charge in [0.25, 0.3) is 6.16 Å². The molecule has 1 aromatic rings. The summed E-state index contributed by atoms with van der Waals surface area (Å²) < 4.78 is 7.79. The molecular formula is C9H16N2O3. The number of aryl methyl sites for hydroxylation is 2. The maximum Gasteiger partial charge on any atom is 0.251 e. The van der Waals surface area contributed by atoms with Crippen LogP contribution in [0.15, 0.2) is 18.7 Å². The molecule has 80 valence electrons. The van der Waals surface area contributed by atoms with Gasteiger partial charge in [-0.25, -0.2) is 9.13 Å². The molecule has 0 radical (unpaired) electrons. The molecule has 1 rings (SSSR count). The van der Waals surface area contributed by atoms with Gasteiger partial charge in [-0.05, 0) is 6.42 Å². The summed E-state index contributed by atoms with van der Waals surface area (Å²) in [5.74, 6) is 0. The summed E-state index contributed by atoms with van der Waals surface area (Å²) in [5.41, 5.74) is 0. The van der Waals surface area contributed by atoms with Crippen LogP contribution in [0.5, 0.6) is 0 Å². The summed E-state index contributed by atoms with van der Waals surface area (Å²) in [6, 6.07) is 0. The van der Waals surface area contributed by atoms with E-state index in [2.05, 4.69) is 39.5 Å². The number of aromatic nitrogens is 2. The normalized spacial score (nSPS) is 8.79. The van der Waals surface area contributed by atoms with Crippen molar-refractivity contribution >= 4 is 6.16 Å². The Hall–Kier alpha value is -1.52. The number of ether oxygens (including phenoxy) is 1. The van der Waals surface area contributed by atoms with Crippen molar-refractivity contribution in [2.75, 3.05) is 7.11 Å². The Bertz CT molecular complexity index is 271. The van der Waals surface area contributed by atoms with Crippen LogP contribution < -0.4 is 9.67 Å². The molecule has 0 aliphatic heterocycles. The van der Waals surface area contributed by atoms with Crippen LogP contribution in [0, 0.1) is 0 Å².